The van der Waals surface area contributed by atoms with E-state index in [9.17, 15) is 12.8 Å². The SMILES string of the molecule is COc1cc2nccc(Oc3ccc(NS(=O)(=O)c4cccc5ccccc45)c(F)c3)c2cc1OC. The van der Waals surface area contributed by atoms with E-state index in [0.717, 1.165) is 11.5 Å². The topological polar surface area (TPSA) is 86.8 Å². The predicted molar refractivity (Wildman–Crippen MR) is 136 cm³/mol. The van der Waals surface area contributed by atoms with Gasteiger partial charge in [-0.3, -0.25) is 9.71 Å². The van der Waals surface area contributed by atoms with Gasteiger partial charge in [0.25, 0.3) is 10.0 Å². The molecule has 182 valence electrons. The summed E-state index contributed by atoms with van der Waals surface area (Å²) in [5, 5.41) is 1.95. The molecule has 0 fully saturated rings. The molecule has 5 aromatic rings. The van der Waals surface area contributed by atoms with E-state index in [4.69, 9.17) is 14.2 Å². The lowest BCUT2D eigenvalue weighted by atomic mass is 10.1. The summed E-state index contributed by atoms with van der Waals surface area (Å²) in [6.45, 7) is 0. The van der Waals surface area contributed by atoms with Gasteiger partial charge in [0.05, 0.1) is 30.3 Å². The molecule has 0 spiro atoms. The van der Waals surface area contributed by atoms with Crippen LogP contribution in [-0.4, -0.2) is 27.6 Å². The summed E-state index contributed by atoms with van der Waals surface area (Å²) in [7, 11) is -0.990. The number of sulfonamides is 1. The normalized spacial score (nSPS) is 11.4. The molecule has 36 heavy (non-hydrogen) atoms. The first-order valence-corrected chi connectivity index (χ1v) is 12.4. The zero-order valence-electron chi connectivity index (χ0n) is 19.4. The van der Waals surface area contributed by atoms with Crippen molar-refractivity contribution in [2.45, 2.75) is 4.90 Å². The summed E-state index contributed by atoms with van der Waals surface area (Å²) in [5.74, 6) is 0.831. The summed E-state index contributed by atoms with van der Waals surface area (Å²) in [5.41, 5.74) is 0.409. The van der Waals surface area contributed by atoms with E-state index >= 15 is 0 Å². The number of aromatic nitrogens is 1. The van der Waals surface area contributed by atoms with Gasteiger partial charge in [-0.15, -0.1) is 0 Å². The van der Waals surface area contributed by atoms with Crippen molar-refractivity contribution in [3.63, 3.8) is 0 Å². The molecule has 0 atom stereocenters. The monoisotopic (exact) mass is 504 g/mol. The Morgan fingerprint density at radius 3 is 2.33 bits per heavy atom. The fourth-order valence-electron chi connectivity index (χ4n) is 3.94. The highest BCUT2D eigenvalue weighted by molar-refractivity contribution is 7.93. The van der Waals surface area contributed by atoms with E-state index in [0.29, 0.717) is 33.5 Å². The maximum absolute atomic E-state index is 15.0. The van der Waals surface area contributed by atoms with Crippen molar-refractivity contribution in [2.75, 3.05) is 18.9 Å². The molecule has 0 radical (unpaired) electrons. The van der Waals surface area contributed by atoms with Crippen LogP contribution in [0.4, 0.5) is 10.1 Å². The third kappa shape index (κ3) is 4.36. The van der Waals surface area contributed by atoms with Crippen LogP contribution in [0.1, 0.15) is 0 Å². The zero-order valence-corrected chi connectivity index (χ0v) is 20.2. The molecule has 4 aromatic carbocycles. The number of anilines is 1. The van der Waals surface area contributed by atoms with Gasteiger partial charge in [-0.25, -0.2) is 12.8 Å². The number of nitrogens with zero attached hydrogens (tertiary/aromatic N) is 1. The third-order valence-electron chi connectivity index (χ3n) is 5.66. The number of benzene rings is 4. The Morgan fingerprint density at radius 1 is 0.806 bits per heavy atom. The average Bonchev–Trinajstić information content (AvgIpc) is 2.89. The molecular formula is C27H21FN2O5S. The Kier molecular flexibility index (Phi) is 6.07. The average molecular weight is 505 g/mol. The van der Waals surface area contributed by atoms with Crippen molar-refractivity contribution < 1.29 is 27.0 Å². The first-order chi connectivity index (χ1) is 17.4. The van der Waals surface area contributed by atoms with Crippen molar-refractivity contribution in [3.8, 4) is 23.0 Å². The summed E-state index contributed by atoms with van der Waals surface area (Å²) in [4.78, 5) is 4.39. The van der Waals surface area contributed by atoms with Crippen LogP contribution in [0.15, 0.2) is 90.0 Å². The molecule has 1 N–H and O–H groups in total. The van der Waals surface area contributed by atoms with Crippen LogP contribution in [-0.2, 0) is 10.0 Å². The van der Waals surface area contributed by atoms with Crippen LogP contribution < -0.4 is 18.9 Å². The first kappa shape index (κ1) is 23.4. The number of rotatable bonds is 7. The van der Waals surface area contributed by atoms with Crippen LogP contribution in [0, 0.1) is 5.82 Å². The lowest BCUT2D eigenvalue weighted by Gasteiger charge is -2.14. The van der Waals surface area contributed by atoms with Crippen molar-refractivity contribution in [2.24, 2.45) is 0 Å². The van der Waals surface area contributed by atoms with Gasteiger partial charge >= 0.3 is 0 Å². The van der Waals surface area contributed by atoms with Gasteiger partial charge in [0, 0.05) is 29.1 Å². The van der Waals surface area contributed by atoms with Gasteiger partial charge < -0.3 is 14.2 Å². The molecule has 7 nitrogen and oxygen atoms in total. The number of nitrogens with one attached hydrogen (secondary N) is 1. The van der Waals surface area contributed by atoms with Gasteiger partial charge in [-0.2, -0.15) is 0 Å². The summed E-state index contributed by atoms with van der Waals surface area (Å²) in [6.07, 6.45) is 1.56. The summed E-state index contributed by atoms with van der Waals surface area (Å²) >= 11 is 0. The maximum Gasteiger partial charge on any atom is 0.262 e. The molecule has 1 heterocycles. The second-order valence-electron chi connectivity index (χ2n) is 7.86. The molecule has 9 heteroatoms. The van der Waals surface area contributed by atoms with E-state index < -0.39 is 15.8 Å². The van der Waals surface area contributed by atoms with Crippen molar-refractivity contribution in [3.05, 3.63) is 90.9 Å². The van der Waals surface area contributed by atoms with Gasteiger partial charge in [0.1, 0.15) is 11.5 Å². The maximum atomic E-state index is 15.0. The van der Waals surface area contributed by atoms with Gasteiger partial charge in [-0.1, -0.05) is 36.4 Å². The van der Waals surface area contributed by atoms with Gasteiger partial charge in [-0.05, 0) is 35.7 Å². The molecular weight excluding hydrogens is 483 g/mol. The quantitative estimate of drug-likeness (QED) is 0.287. The number of methoxy groups -OCH3 is 2. The van der Waals surface area contributed by atoms with Crippen molar-refractivity contribution >= 4 is 37.4 Å². The van der Waals surface area contributed by atoms with E-state index in [1.165, 1.54) is 32.4 Å². The van der Waals surface area contributed by atoms with E-state index in [1.807, 2.05) is 18.2 Å². The smallest absolute Gasteiger partial charge is 0.262 e. The molecule has 0 bridgehead atoms. The van der Waals surface area contributed by atoms with Gasteiger partial charge in [0.2, 0.25) is 0 Å². The molecule has 0 saturated carbocycles. The van der Waals surface area contributed by atoms with E-state index in [2.05, 4.69) is 9.71 Å². The standard InChI is InChI=1S/C27H21FN2O5S/c1-33-25-15-20-23(16-26(25)34-2)29-13-12-24(20)35-18-10-11-22(21(28)14-18)30-36(31,32)27-9-5-7-17-6-3-4-8-19(17)27/h3-16,30H,1-2H3. The minimum Gasteiger partial charge on any atom is -0.493 e. The number of pyridine rings is 1. The van der Waals surface area contributed by atoms with Crippen molar-refractivity contribution in [1.82, 2.24) is 4.98 Å². The fraction of sp³-hybridized carbons (Fsp3) is 0.0741. The van der Waals surface area contributed by atoms with Crippen LogP contribution in [0.3, 0.4) is 0 Å². The Balaban J connectivity index is 1.44. The highest BCUT2D eigenvalue weighted by Crippen LogP contribution is 2.37. The third-order valence-corrected chi connectivity index (χ3v) is 7.08. The summed E-state index contributed by atoms with van der Waals surface area (Å²) < 4.78 is 60.1. The van der Waals surface area contributed by atoms with Crippen LogP contribution >= 0.6 is 0 Å². The molecule has 0 unspecified atom stereocenters. The van der Waals surface area contributed by atoms with Crippen LogP contribution in [0.25, 0.3) is 21.7 Å². The lowest BCUT2D eigenvalue weighted by Crippen LogP contribution is -2.14. The zero-order chi connectivity index (χ0) is 25.3. The first-order valence-electron chi connectivity index (χ1n) is 10.9. The minimum atomic E-state index is -4.04. The number of halogens is 1. The molecule has 0 aliphatic heterocycles. The Morgan fingerprint density at radius 2 is 1.56 bits per heavy atom. The summed E-state index contributed by atoms with van der Waals surface area (Å²) in [6, 6.07) is 21.0. The van der Waals surface area contributed by atoms with E-state index in [1.54, 1.807) is 42.6 Å². The fourth-order valence-corrected chi connectivity index (χ4v) is 5.23. The largest absolute Gasteiger partial charge is 0.493 e. The second kappa shape index (κ2) is 9.35. The molecule has 5 rings (SSSR count). The Bertz CT molecular complexity index is 1700. The van der Waals surface area contributed by atoms with Gasteiger partial charge in [0.15, 0.2) is 17.3 Å². The highest BCUT2D eigenvalue weighted by atomic mass is 32.2. The molecule has 0 saturated heterocycles. The van der Waals surface area contributed by atoms with Crippen LogP contribution in [0.2, 0.25) is 0 Å². The molecule has 1 aromatic heterocycles. The molecule has 0 aliphatic rings. The number of fused-ring (bicyclic) bond motifs is 2. The predicted octanol–water partition coefficient (Wildman–Crippen LogP) is 6.14. The molecule has 0 amide bonds. The molecule has 0 aliphatic carbocycles. The van der Waals surface area contributed by atoms with Crippen LogP contribution in [0.5, 0.6) is 23.0 Å². The van der Waals surface area contributed by atoms with E-state index in [-0.39, 0.29) is 16.3 Å². The minimum absolute atomic E-state index is 0.0629. The lowest BCUT2D eigenvalue weighted by molar-refractivity contribution is 0.355. The van der Waals surface area contributed by atoms with Crippen molar-refractivity contribution in [1.29, 1.82) is 0 Å². The Hall–Kier alpha value is -4.37. The number of ether oxygens (including phenoxy) is 3. The number of hydrogen-bond donors (Lipinski definition) is 1. The number of hydrogen-bond acceptors (Lipinski definition) is 6. The Labute approximate surface area is 207 Å². The highest BCUT2D eigenvalue weighted by Gasteiger charge is 2.20. The second-order valence-corrected chi connectivity index (χ2v) is 9.51.